The van der Waals surface area contributed by atoms with E-state index in [4.69, 9.17) is 0 Å². The third kappa shape index (κ3) is 3.58. The van der Waals surface area contributed by atoms with Gasteiger partial charge in [-0.2, -0.15) is 0 Å². The van der Waals surface area contributed by atoms with Crippen LogP contribution in [0.3, 0.4) is 0 Å². The van der Waals surface area contributed by atoms with E-state index in [2.05, 4.69) is 12.7 Å². The minimum Gasteiger partial charge on any atom is -0.396 e. The summed E-state index contributed by atoms with van der Waals surface area (Å²) in [5.74, 6) is 3.51. The first-order chi connectivity index (χ1) is 8.33. The van der Waals surface area contributed by atoms with Gasteiger partial charge in [0.1, 0.15) is 0 Å². The van der Waals surface area contributed by atoms with Crippen molar-refractivity contribution in [3.05, 3.63) is 12.7 Å². The summed E-state index contributed by atoms with van der Waals surface area (Å²) in [7, 11) is 0. The number of hydrogen-bond acceptors (Lipinski definition) is 1. The zero-order valence-corrected chi connectivity index (χ0v) is 11.1. The summed E-state index contributed by atoms with van der Waals surface area (Å²) in [5.41, 5.74) is 0. The van der Waals surface area contributed by atoms with Gasteiger partial charge in [0.25, 0.3) is 0 Å². The van der Waals surface area contributed by atoms with Gasteiger partial charge in [-0.3, -0.25) is 0 Å². The summed E-state index contributed by atoms with van der Waals surface area (Å²) in [5, 5.41) is 9.17. The summed E-state index contributed by atoms with van der Waals surface area (Å²) in [6.45, 7) is 4.27. The standard InChI is InChI=1S/C16H28O/c1-2-3-13-4-8-15(9-5-13)16-10-6-14(12-17)7-11-16/h2,13-17H,1,3-12H2/t13-,14?,15-,16?. The number of aliphatic hydroxyl groups excluding tert-OH is 1. The molecule has 0 atom stereocenters. The third-order valence-electron chi connectivity index (χ3n) is 5.21. The molecule has 0 saturated heterocycles. The first-order valence-electron chi connectivity index (χ1n) is 7.55. The molecule has 0 amide bonds. The van der Waals surface area contributed by atoms with Crippen LogP contribution in [0, 0.1) is 23.7 Å². The summed E-state index contributed by atoms with van der Waals surface area (Å²) < 4.78 is 0. The minimum absolute atomic E-state index is 0.415. The normalized spacial score (nSPS) is 38.9. The minimum atomic E-state index is 0.415. The molecule has 0 aliphatic heterocycles. The smallest absolute Gasteiger partial charge is 0.0459 e. The van der Waals surface area contributed by atoms with Gasteiger partial charge in [0.2, 0.25) is 0 Å². The molecule has 1 N–H and O–H groups in total. The fourth-order valence-corrected chi connectivity index (χ4v) is 3.97. The first kappa shape index (κ1) is 13.1. The third-order valence-corrected chi connectivity index (χ3v) is 5.21. The Hall–Kier alpha value is -0.300. The van der Waals surface area contributed by atoms with Gasteiger partial charge in [0, 0.05) is 6.61 Å². The van der Waals surface area contributed by atoms with Crippen LogP contribution >= 0.6 is 0 Å². The molecule has 0 aromatic heterocycles. The molecule has 2 fully saturated rings. The quantitative estimate of drug-likeness (QED) is 0.726. The maximum absolute atomic E-state index is 9.17. The Morgan fingerprint density at radius 1 is 0.824 bits per heavy atom. The summed E-state index contributed by atoms with van der Waals surface area (Å²) >= 11 is 0. The van der Waals surface area contributed by atoms with E-state index in [0.717, 1.165) is 17.8 Å². The van der Waals surface area contributed by atoms with Crippen LogP contribution in [0.4, 0.5) is 0 Å². The van der Waals surface area contributed by atoms with E-state index in [0.29, 0.717) is 12.5 Å². The van der Waals surface area contributed by atoms with Crippen molar-refractivity contribution in [2.45, 2.75) is 57.8 Å². The Balaban J connectivity index is 1.72. The van der Waals surface area contributed by atoms with Crippen molar-refractivity contribution in [1.82, 2.24) is 0 Å². The van der Waals surface area contributed by atoms with E-state index in [-0.39, 0.29) is 0 Å². The molecule has 1 nitrogen and oxygen atoms in total. The highest BCUT2D eigenvalue weighted by atomic mass is 16.3. The molecule has 0 heterocycles. The zero-order chi connectivity index (χ0) is 12.1. The monoisotopic (exact) mass is 236 g/mol. The molecule has 98 valence electrons. The van der Waals surface area contributed by atoms with Crippen molar-refractivity contribution in [3.8, 4) is 0 Å². The fourth-order valence-electron chi connectivity index (χ4n) is 3.97. The maximum atomic E-state index is 9.17. The molecule has 0 bridgehead atoms. The van der Waals surface area contributed by atoms with Crippen LogP contribution in [0.1, 0.15) is 57.8 Å². The first-order valence-corrected chi connectivity index (χ1v) is 7.55. The second kappa shape index (κ2) is 6.58. The van der Waals surface area contributed by atoms with Crippen LogP contribution in [0.2, 0.25) is 0 Å². The van der Waals surface area contributed by atoms with Gasteiger partial charge >= 0.3 is 0 Å². The van der Waals surface area contributed by atoms with Crippen LogP contribution in [0.25, 0.3) is 0 Å². The molecule has 0 aromatic rings. The highest BCUT2D eigenvalue weighted by Gasteiger charge is 2.30. The predicted octanol–water partition coefficient (Wildman–Crippen LogP) is 4.17. The van der Waals surface area contributed by atoms with E-state index >= 15 is 0 Å². The summed E-state index contributed by atoms with van der Waals surface area (Å²) in [6.07, 6.45) is 14.4. The van der Waals surface area contributed by atoms with E-state index in [1.54, 1.807) is 0 Å². The molecule has 17 heavy (non-hydrogen) atoms. The van der Waals surface area contributed by atoms with E-state index in [9.17, 15) is 5.11 Å². The van der Waals surface area contributed by atoms with Gasteiger partial charge in [-0.05, 0) is 81.5 Å². The average Bonchev–Trinajstić information content (AvgIpc) is 2.40. The van der Waals surface area contributed by atoms with Crippen LogP contribution in [-0.2, 0) is 0 Å². The SMILES string of the molecule is C=CC[C@H]1CC[C@H](C2CCC(CO)CC2)CC1. The number of hydrogen-bond donors (Lipinski definition) is 1. The summed E-state index contributed by atoms with van der Waals surface area (Å²) in [4.78, 5) is 0. The van der Waals surface area contributed by atoms with Gasteiger partial charge in [-0.1, -0.05) is 6.08 Å². The molecule has 2 rings (SSSR count). The predicted molar refractivity (Wildman–Crippen MR) is 72.8 cm³/mol. The molecule has 0 radical (unpaired) electrons. The van der Waals surface area contributed by atoms with Crippen molar-refractivity contribution in [3.63, 3.8) is 0 Å². The van der Waals surface area contributed by atoms with Gasteiger partial charge < -0.3 is 5.11 Å². The van der Waals surface area contributed by atoms with Crippen LogP contribution in [-0.4, -0.2) is 11.7 Å². The Morgan fingerprint density at radius 3 is 1.71 bits per heavy atom. The Bertz CT molecular complexity index is 220. The molecule has 0 unspecified atom stereocenters. The molecular weight excluding hydrogens is 208 g/mol. The largest absolute Gasteiger partial charge is 0.396 e. The molecular formula is C16H28O. The van der Waals surface area contributed by atoms with Gasteiger partial charge in [0.05, 0.1) is 0 Å². The van der Waals surface area contributed by atoms with E-state index < -0.39 is 0 Å². The molecule has 2 saturated carbocycles. The van der Waals surface area contributed by atoms with E-state index in [1.165, 1.54) is 57.8 Å². The van der Waals surface area contributed by atoms with E-state index in [1.807, 2.05) is 0 Å². The van der Waals surface area contributed by atoms with Gasteiger partial charge in [0.15, 0.2) is 0 Å². The van der Waals surface area contributed by atoms with Crippen LogP contribution < -0.4 is 0 Å². The highest BCUT2D eigenvalue weighted by Crippen LogP contribution is 2.41. The van der Waals surface area contributed by atoms with Gasteiger partial charge in [-0.25, -0.2) is 0 Å². The molecule has 2 aliphatic carbocycles. The van der Waals surface area contributed by atoms with Crippen molar-refractivity contribution < 1.29 is 5.11 Å². The number of allylic oxidation sites excluding steroid dienone is 1. The molecule has 0 spiro atoms. The second-order valence-electron chi connectivity index (χ2n) is 6.27. The van der Waals surface area contributed by atoms with Crippen LogP contribution in [0.5, 0.6) is 0 Å². The molecule has 0 aromatic carbocycles. The lowest BCUT2D eigenvalue weighted by atomic mass is 9.69. The number of rotatable bonds is 4. The lowest BCUT2D eigenvalue weighted by molar-refractivity contribution is 0.117. The lowest BCUT2D eigenvalue weighted by Crippen LogP contribution is -2.26. The average molecular weight is 236 g/mol. The summed E-state index contributed by atoms with van der Waals surface area (Å²) in [6, 6.07) is 0. The van der Waals surface area contributed by atoms with Crippen molar-refractivity contribution in [2.75, 3.05) is 6.61 Å². The van der Waals surface area contributed by atoms with Crippen molar-refractivity contribution in [2.24, 2.45) is 23.7 Å². The van der Waals surface area contributed by atoms with Crippen molar-refractivity contribution in [1.29, 1.82) is 0 Å². The van der Waals surface area contributed by atoms with Crippen molar-refractivity contribution >= 4 is 0 Å². The maximum Gasteiger partial charge on any atom is 0.0459 e. The molecule has 1 heteroatoms. The lowest BCUT2D eigenvalue weighted by Gasteiger charge is -2.37. The fraction of sp³-hybridized carbons (Fsp3) is 0.875. The Kier molecular flexibility index (Phi) is 5.09. The van der Waals surface area contributed by atoms with Gasteiger partial charge in [-0.15, -0.1) is 6.58 Å². The highest BCUT2D eigenvalue weighted by molar-refractivity contribution is 4.84. The topological polar surface area (TPSA) is 20.2 Å². The zero-order valence-electron chi connectivity index (χ0n) is 11.1. The van der Waals surface area contributed by atoms with Crippen LogP contribution in [0.15, 0.2) is 12.7 Å². The number of aliphatic hydroxyl groups is 1. The second-order valence-corrected chi connectivity index (χ2v) is 6.27. The Labute approximate surface area is 106 Å². The molecule has 2 aliphatic rings. The Morgan fingerprint density at radius 2 is 1.29 bits per heavy atom.